The molecule has 0 saturated carbocycles. The maximum Gasteiger partial charge on any atom is 0.410 e. The van der Waals surface area contributed by atoms with Crippen LogP contribution in [0, 0.1) is 13.8 Å². The quantitative estimate of drug-likeness (QED) is 0.786. The van der Waals surface area contributed by atoms with E-state index in [0.717, 1.165) is 16.9 Å². The highest BCUT2D eigenvalue weighted by Gasteiger charge is 2.30. The number of pyridine rings is 1. The van der Waals surface area contributed by atoms with Crippen LogP contribution in [0.5, 0.6) is 0 Å². The van der Waals surface area contributed by atoms with Crippen LogP contribution >= 0.6 is 0 Å². The van der Waals surface area contributed by atoms with Crippen LogP contribution in [0.1, 0.15) is 42.5 Å². The van der Waals surface area contributed by atoms with Crippen LogP contribution in [0.3, 0.4) is 0 Å². The van der Waals surface area contributed by atoms with Gasteiger partial charge in [0, 0.05) is 32.4 Å². The molecule has 1 saturated heterocycles. The summed E-state index contributed by atoms with van der Waals surface area (Å²) in [6.07, 6.45) is 1.56. The van der Waals surface area contributed by atoms with Crippen LogP contribution in [0.2, 0.25) is 0 Å². The molecule has 0 spiro atoms. The smallest absolute Gasteiger partial charge is 0.410 e. The number of nitrogens with zero attached hydrogens (tertiary/aromatic N) is 4. The molecule has 0 aromatic carbocycles. The fraction of sp³-hybridized carbons (Fsp3) is 0.526. The van der Waals surface area contributed by atoms with Crippen molar-refractivity contribution in [1.29, 1.82) is 0 Å². The first-order chi connectivity index (χ1) is 12.2. The van der Waals surface area contributed by atoms with E-state index in [9.17, 15) is 9.59 Å². The number of hydrogen-bond donors (Lipinski definition) is 0. The van der Waals surface area contributed by atoms with Crippen molar-refractivity contribution < 1.29 is 14.3 Å². The average Bonchev–Trinajstić information content (AvgIpc) is 2.87. The van der Waals surface area contributed by atoms with Crippen LogP contribution in [0.25, 0.3) is 5.65 Å². The van der Waals surface area contributed by atoms with Gasteiger partial charge < -0.3 is 14.5 Å². The maximum atomic E-state index is 13.0. The van der Waals surface area contributed by atoms with Crippen LogP contribution in [-0.2, 0) is 4.74 Å². The zero-order chi connectivity index (χ0) is 19.1. The van der Waals surface area contributed by atoms with Gasteiger partial charge in [0.25, 0.3) is 5.91 Å². The van der Waals surface area contributed by atoms with Gasteiger partial charge in [0.15, 0.2) is 0 Å². The van der Waals surface area contributed by atoms with Gasteiger partial charge in [-0.2, -0.15) is 0 Å². The lowest BCUT2D eigenvalue weighted by Gasteiger charge is -2.35. The van der Waals surface area contributed by atoms with E-state index in [0.29, 0.717) is 31.9 Å². The Labute approximate surface area is 153 Å². The molecule has 0 atom stereocenters. The van der Waals surface area contributed by atoms with Gasteiger partial charge in [0.1, 0.15) is 16.9 Å². The molecule has 2 aromatic rings. The van der Waals surface area contributed by atoms with E-state index in [2.05, 4.69) is 4.98 Å². The van der Waals surface area contributed by atoms with Crippen LogP contribution in [0.15, 0.2) is 18.3 Å². The zero-order valence-electron chi connectivity index (χ0n) is 16.1. The van der Waals surface area contributed by atoms with E-state index in [-0.39, 0.29) is 12.0 Å². The Morgan fingerprint density at radius 2 is 1.69 bits per heavy atom. The van der Waals surface area contributed by atoms with E-state index in [1.54, 1.807) is 9.80 Å². The Balaban J connectivity index is 1.71. The molecule has 3 rings (SSSR count). The fourth-order valence-corrected chi connectivity index (χ4v) is 3.09. The third-order valence-corrected chi connectivity index (χ3v) is 4.38. The van der Waals surface area contributed by atoms with Crippen molar-refractivity contribution in [3.8, 4) is 0 Å². The summed E-state index contributed by atoms with van der Waals surface area (Å²) < 4.78 is 7.24. The first-order valence-corrected chi connectivity index (χ1v) is 8.88. The second-order valence-corrected chi connectivity index (χ2v) is 7.74. The van der Waals surface area contributed by atoms with Gasteiger partial charge >= 0.3 is 6.09 Å². The van der Waals surface area contributed by atoms with Gasteiger partial charge in [0.2, 0.25) is 0 Å². The van der Waals surface area contributed by atoms with Gasteiger partial charge in [-0.3, -0.25) is 9.20 Å². The number of carbonyl (C=O) groups excluding carboxylic acids is 2. The molecule has 2 amide bonds. The highest BCUT2D eigenvalue weighted by Crippen LogP contribution is 2.18. The van der Waals surface area contributed by atoms with Crippen molar-refractivity contribution in [2.45, 2.75) is 40.2 Å². The molecule has 0 unspecified atom stereocenters. The van der Waals surface area contributed by atoms with E-state index in [4.69, 9.17) is 4.74 Å². The number of rotatable bonds is 1. The van der Waals surface area contributed by atoms with Crippen molar-refractivity contribution in [3.05, 3.63) is 35.3 Å². The monoisotopic (exact) mass is 358 g/mol. The minimum absolute atomic E-state index is 0.0531. The first-order valence-electron chi connectivity index (χ1n) is 8.88. The largest absolute Gasteiger partial charge is 0.444 e. The number of aromatic nitrogens is 2. The van der Waals surface area contributed by atoms with E-state index < -0.39 is 5.60 Å². The van der Waals surface area contributed by atoms with Crippen LogP contribution < -0.4 is 0 Å². The number of amides is 2. The molecule has 1 aliphatic heterocycles. The number of hydrogen-bond acceptors (Lipinski definition) is 4. The number of ether oxygens (including phenoxy) is 1. The van der Waals surface area contributed by atoms with Gasteiger partial charge in [-0.1, -0.05) is 0 Å². The molecule has 0 radical (unpaired) electrons. The molecule has 3 heterocycles. The molecule has 0 aliphatic carbocycles. The second-order valence-electron chi connectivity index (χ2n) is 7.74. The molecule has 140 valence electrons. The standard InChI is InChI=1S/C19H26N4O3/c1-13-6-7-23-15(12-13)20-14(2)16(23)17(24)21-8-10-22(11-9-21)18(25)26-19(3,4)5/h6-7,12H,8-11H2,1-5H3. The van der Waals surface area contributed by atoms with Gasteiger partial charge in [-0.25, -0.2) is 9.78 Å². The Kier molecular flexibility index (Phi) is 4.64. The Bertz CT molecular complexity index is 842. The number of aryl methyl sites for hydroxylation is 2. The van der Waals surface area contributed by atoms with Crippen molar-refractivity contribution in [1.82, 2.24) is 19.2 Å². The third-order valence-electron chi connectivity index (χ3n) is 4.38. The summed E-state index contributed by atoms with van der Waals surface area (Å²) in [5, 5.41) is 0. The number of piperazine rings is 1. The molecule has 0 N–H and O–H groups in total. The van der Waals surface area contributed by atoms with E-state index in [1.165, 1.54) is 0 Å². The van der Waals surface area contributed by atoms with Crippen molar-refractivity contribution >= 4 is 17.6 Å². The molecule has 2 aromatic heterocycles. The summed E-state index contributed by atoms with van der Waals surface area (Å²) in [6.45, 7) is 11.3. The highest BCUT2D eigenvalue weighted by molar-refractivity contribution is 5.95. The third kappa shape index (κ3) is 3.66. The lowest BCUT2D eigenvalue weighted by atomic mass is 10.2. The topological polar surface area (TPSA) is 67.2 Å². The van der Waals surface area contributed by atoms with Gasteiger partial charge in [0.05, 0.1) is 5.69 Å². The van der Waals surface area contributed by atoms with E-state index in [1.807, 2.05) is 57.3 Å². The SMILES string of the molecule is Cc1ccn2c(C(=O)N3CCN(C(=O)OC(C)(C)C)CC3)c(C)nc2c1. The molecule has 0 bridgehead atoms. The summed E-state index contributed by atoms with van der Waals surface area (Å²) >= 11 is 0. The normalized spacial score (nSPS) is 15.4. The molecular formula is C19H26N4O3. The average molecular weight is 358 g/mol. The van der Waals surface area contributed by atoms with Gasteiger partial charge in [-0.15, -0.1) is 0 Å². The molecule has 1 aliphatic rings. The number of carbonyl (C=O) groups is 2. The first kappa shape index (κ1) is 18.2. The number of fused-ring (bicyclic) bond motifs is 1. The number of imidazole rings is 1. The molecule has 7 heteroatoms. The second kappa shape index (κ2) is 6.63. The summed E-state index contributed by atoms with van der Waals surface area (Å²) in [6, 6.07) is 3.93. The summed E-state index contributed by atoms with van der Waals surface area (Å²) in [4.78, 5) is 33.1. The Hall–Kier alpha value is -2.57. The predicted molar refractivity (Wildman–Crippen MR) is 98.4 cm³/mol. The van der Waals surface area contributed by atoms with Crippen LogP contribution in [0.4, 0.5) is 4.79 Å². The summed E-state index contributed by atoms with van der Waals surface area (Å²) in [7, 11) is 0. The Morgan fingerprint density at radius 1 is 1.08 bits per heavy atom. The minimum Gasteiger partial charge on any atom is -0.444 e. The van der Waals surface area contributed by atoms with Crippen molar-refractivity contribution in [3.63, 3.8) is 0 Å². The van der Waals surface area contributed by atoms with Crippen molar-refractivity contribution in [2.75, 3.05) is 26.2 Å². The molecule has 7 nitrogen and oxygen atoms in total. The van der Waals surface area contributed by atoms with E-state index >= 15 is 0 Å². The van der Waals surface area contributed by atoms with Crippen LogP contribution in [-0.4, -0.2) is 63.0 Å². The van der Waals surface area contributed by atoms with Gasteiger partial charge in [-0.05, 0) is 52.3 Å². The zero-order valence-corrected chi connectivity index (χ0v) is 16.1. The predicted octanol–water partition coefficient (Wildman–Crippen LogP) is 2.64. The molecule has 1 fully saturated rings. The highest BCUT2D eigenvalue weighted by atomic mass is 16.6. The molecular weight excluding hydrogens is 332 g/mol. The molecule has 26 heavy (non-hydrogen) atoms. The van der Waals surface area contributed by atoms with Crippen molar-refractivity contribution in [2.24, 2.45) is 0 Å². The Morgan fingerprint density at radius 3 is 2.31 bits per heavy atom. The lowest BCUT2D eigenvalue weighted by molar-refractivity contribution is 0.0140. The summed E-state index contributed by atoms with van der Waals surface area (Å²) in [5.74, 6) is -0.0531. The fourth-order valence-electron chi connectivity index (χ4n) is 3.09. The summed E-state index contributed by atoms with van der Waals surface area (Å²) in [5.41, 5.74) is 2.67. The lowest BCUT2D eigenvalue weighted by Crippen LogP contribution is -2.51. The maximum absolute atomic E-state index is 13.0. The minimum atomic E-state index is -0.518.